The molecule has 1 aromatic rings. The fraction of sp³-hybridized carbons (Fsp3) is 0.769. The molecule has 1 atom stereocenters. The Kier molecular flexibility index (Phi) is 6.88. The first kappa shape index (κ1) is 17.4. The van der Waals surface area contributed by atoms with Gasteiger partial charge in [0.2, 0.25) is 0 Å². The lowest BCUT2D eigenvalue weighted by atomic mass is 9.96. The Morgan fingerprint density at radius 2 is 2.25 bits per heavy atom. The van der Waals surface area contributed by atoms with Gasteiger partial charge >= 0.3 is 0 Å². The van der Waals surface area contributed by atoms with Crippen LogP contribution in [0.5, 0.6) is 0 Å². The number of likely N-dealkylation sites (N-methyl/N-ethyl adjacent to an activating group) is 1. The highest BCUT2D eigenvalue weighted by Gasteiger charge is 2.37. The fourth-order valence-corrected chi connectivity index (χ4v) is 2.45. The van der Waals surface area contributed by atoms with Crippen LogP contribution in [0.1, 0.15) is 18.5 Å². The molecule has 1 rings (SSSR count). The van der Waals surface area contributed by atoms with Crippen molar-refractivity contribution in [2.24, 2.45) is 5.73 Å². The summed E-state index contributed by atoms with van der Waals surface area (Å²) in [5.74, 6) is 0. The summed E-state index contributed by atoms with van der Waals surface area (Å²) in [4.78, 5) is 2.01. The Bertz CT molecular complexity index is 413. The zero-order valence-corrected chi connectivity index (χ0v) is 13.2. The van der Waals surface area contributed by atoms with Crippen molar-refractivity contribution in [1.82, 2.24) is 14.7 Å². The van der Waals surface area contributed by atoms with E-state index in [1.54, 1.807) is 4.68 Å². The third-order valence-corrected chi connectivity index (χ3v) is 3.41. The smallest absolute Gasteiger partial charge is 0.176 e. The highest BCUT2D eigenvalue weighted by atomic mass is 35.5. The SMILES string of the molecule is COCC(F)(CCCN)c1c(Cl)cnn1CCN(C)C. The number of nitrogens with zero attached hydrogens (tertiary/aromatic N) is 3. The van der Waals surface area contributed by atoms with Crippen molar-refractivity contribution in [1.29, 1.82) is 0 Å². The summed E-state index contributed by atoms with van der Waals surface area (Å²) in [5, 5.41) is 4.51. The molecule has 20 heavy (non-hydrogen) atoms. The maximum Gasteiger partial charge on any atom is 0.176 e. The Morgan fingerprint density at radius 3 is 2.80 bits per heavy atom. The highest BCUT2D eigenvalue weighted by Crippen LogP contribution is 2.36. The number of methoxy groups -OCH3 is 1. The van der Waals surface area contributed by atoms with Crippen LogP contribution in [0.25, 0.3) is 0 Å². The van der Waals surface area contributed by atoms with Crippen LogP contribution in [0.2, 0.25) is 5.02 Å². The first-order chi connectivity index (χ1) is 9.44. The molecular formula is C13H24ClFN4O. The van der Waals surface area contributed by atoms with E-state index in [4.69, 9.17) is 22.1 Å². The largest absolute Gasteiger partial charge is 0.381 e. The molecule has 116 valence electrons. The zero-order valence-electron chi connectivity index (χ0n) is 12.4. The molecular weight excluding hydrogens is 283 g/mol. The second-order valence-electron chi connectivity index (χ2n) is 5.16. The van der Waals surface area contributed by atoms with E-state index < -0.39 is 5.67 Å². The highest BCUT2D eigenvalue weighted by molar-refractivity contribution is 6.31. The molecule has 2 N–H and O–H groups in total. The maximum atomic E-state index is 15.3. The normalized spacial score (nSPS) is 14.8. The molecule has 7 heteroatoms. The van der Waals surface area contributed by atoms with Gasteiger partial charge in [-0.2, -0.15) is 5.10 Å². The van der Waals surface area contributed by atoms with Gasteiger partial charge in [0.05, 0.1) is 30.1 Å². The molecule has 1 heterocycles. The van der Waals surface area contributed by atoms with Crippen molar-refractivity contribution in [3.05, 3.63) is 16.9 Å². The van der Waals surface area contributed by atoms with Crippen molar-refractivity contribution in [3.8, 4) is 0 Å². The van der Waals surface area contributed by atoms with E-state index in [1.807, 2.05) is 19.0 Å². The lowest BCUT2D eigenvalue weighted by Gasteiger charge is -2.26. The molecule has 5 nitrogen and oxygen atoms in total. The summed E-state index contributed by atoms with van der Waals surface area (Å²) >= 11 is 6.14. The van der Waals surface area contributed by atoms with Gasteiger partial charge in [0.1, 0.15) is 0 Å². The van der Waals surface area contributed by atoms with E-state index in [-0.39, 0.29) is 13.0 Å². The number of alkyl halides is 1. The standard InChI is InChI=1S/C13H24ClFN4O/c1-18(2)7-8-19-12(11(14)9-17-19)13(15,10-20-3)5-4-6-16/h9H,4-8,10,16H2,1-3H3. The van der Waals surface area contributed by atoms with Crippen molar-refractivity contribution in [2.45, 2.75) is 25.1 Å². The van der Waals surface area contributed by atoms with Gasteiger partial charge in [0.15, 0.2) is 5.67 Å². The van der Waals surface area contributed by atoms with Gasteiger partial charge in [0.25, 0.3) is 0 Å². The molecule has 0 bridgehead atoms. The second kappa shape index (κ2) is 7.93. The van der Waals surface area contributed by atoms with Gasteiger partial charge < -0.3 is 15.4 Å². The van der Waals surface area contributed by atoms with Crippen molar-refractivity contribution in [3.63, 3.8) is 0 Å². The Balaban J connectivity index is 3.02. The summed E-state index contributed by atoms with van der Waals surface area (Å²) in [6.45, 7) is 1.71. The van der Waals surface area contributed by atoms with Crippen LogP contribution in [0.15, 0.2) is 6.20 Å². The van der Waals surface area contributed by atoms with Crippen LogP contribution in [0.3, 0.4) is 0 Å². The predicted molar refractivity (Wildman–Crippen MR) is 78.7 cm³/mol. The van der Waals surface area contributed by atoms with Crippen LogP contribution in [0, 0.1) is 0 Å². The lowest BCUT2D eigenvalue weighted by Crippen LogP contribution is -2.32. The first-order valence-electron chi connectivity index (χ1n) is 6.69. The molecule has 0 aliphatic rings. The minimum atomic E-state index is -1.66. The van der Waals surface area contributed by atoms with Gasteiger partial charge in [-0.15, -0.1) is 0 Å². The minimum absolute atomic E-state index is 0.0552. The first-order valence-corrected chi connectivity index (χ1v) is 7.07. The molecule has 0 aliphatic heterocycles. The summed E-state index contributed by atoms with van der Waals surface area (Å²) in [6.07, 6.45) is 2.32. The lowest BCUT2D eigenvalue weighted by molar-refractivity contribution is 0.0234. The van der Waals surface area contributed by atoms with E-state index in [0.717, 1.165) is 6.54 Å². The fourth-order valence-electron chi connectivity index (χ4n) is 2.14. The third-order valence-electron chi connectivity index (χ3n) is 3.13. The van der Waals surface area contributed by atoms with Crippen molar-refractivity contribution in [2.75, 3.05) is 40.9 Å². The van der Waals surface area contributed by atoms with Crippen LogP contribution in [-0.2, 0) is 17.0 Å². The van der Waals surface area contributed by atoms with Gasteiger partial charge in [-0.3, -0.25) is 4.68 Å². The summed E-state index contributed by atoms with van der Waals surface area (Å²) in [7, 11) is 5.39. The molecule has 0 saturated carbocycles. The van der Waals surface area contributed by atoms with Crippen LogP contribution in [0.4, 0.5) is 4.39 Å². The Labute approximate surface area is 124 Å². The quantitative estimate of drug-likeness (QED) is 0.754. The van der Waals surface area contributed by atoms with E-state index in [0.29, 0.717) is 30.2 Å². The molecule has 0 spiro atoms. The zero-order chi connectivity index (χ0) is 15.2. The monoisotopic (exact) mass is 306 g/mol. The molecule has 0 saturated heterocycles. The molecule has 0 aliphatic carbocycles. The average molecular weight is 307 g/mol. The van der Waals surface area contributed by atoms with Gasteiger partial charge in [0, 0.05) is 13.7 Å². The topological polar surface area (TPSA) is 56.3 Å². The minimum Gasteiger partial charge on any atom is -0.381 e. The Morgan fingerprint density at radius 1 is 1.55 bits per heavy atom. The number of halogens is 2. The van der Waals surface area contributed by atoms with Crippen LogP contribution in [-0.4, -0.2) is 55.6 Å². The number of hydrogen-bond donors (Lipinski definition) is 1. The van der Waals surface area contributed by atoms with E-state index in [2.05, 4.69) is 5.10 Å². The van der Waals surface area contributed by atoms with Crippen molar-refractivity contribution < 1.29 is 9.13 Å². The number of hydrogen-bond acceptors (Lipinski definition) is 4. The van der Waals surface area contributed by atoms with Crippen LogP contribution >= 0.6 is 11.6 Å². The maximum absolute atomic E-state index is 15.3. The number of rotatable bonds is 9. The van der Waals surface area contributed by atoms with Gasteiger partial charge in [-0.1, -0.05) is 11.6 Å². The summed E-state index contributed by atoms with van der Waals surface area (Å²) in [5.41, 5.74) is 4.22. The predicted octanol–water partition coefficient (Wildman–Crippen LogP) is 1.65. The summed E-state index contributed by atoms with van der Waals surface area (Å²) < 4.78 is 21.9. The molecule has 0 fully saturated rings. The number of ether oxygens (including phenoxy) is 1. The average Bonchev–Trinajstić information content (AvgIpc) is 2.76. The van der Waals surface area contributed by atoms with E-state index >= 15 is 4.39 Å². The third kappa shape index (κ3) is 4.41. The van der Waals surface area contributed by atoms with E-state index in [1.165, 1.54) is 13.3 Å². The molecule has 1 aromatic heterocycles. The van der Waals surface area contributed by atoms with Crippen molar-refractivity contribution >= 4 is 11.6 Å². The van der Waals surface area contributed by atoms with E-state index in [9.17, 15) is 0 Å². The summed E-state index contributed by atoms with van der Waals surface area (Å²) in [6, 6.07) is 0. The van der Waals surface area contributed by atoms with Gasteiger partial charge in [-0.05, 0) is 33.5 Å². The Hall–Kier alpha value is -0.690. The molecule has 1 unspecified atom stereocenters. The number of aromatic nitrogens is 2. The van der Waals surface area contributed by atoms with Gasteiger partial charge in [-0.25, -0.2) is 4.39 Å². The number of nitrogens with two attached hydrogens (primary N) is 1. The molecule has 0 radical (unpaired) electrons. The molecule has 0 amide bonds. The molecule has 0 aromatic carbocycles. The second-order valence-corrected chi connectivity index (χ2v) is 5.57. The van der Waals surface area contributed by atoms with Crippen LogP contribution < -0.4 is 5.73 Å².